The Balaban J connectivity index is 1.14. The number of benzene rings is 2. The summed E-state index contributed by atoms with van der Waals surface area (Å²) in [4.78, 5) is 9.85. The smallest absolute Gasteiger partial charge is 0.193 e. The lowest BCUT2D eigenvalue weighted by Gasteiger charge is -2.15. The first-order valence-electron chi connectivity index (χ1n) is 10.9. The minimum Gasteiger partial charge on any atom is -0.478 e. The maximum absolute atomic E-state index is 5.96. The molecule has 29 heavy (non-hydrogen) atoms. The normalized spacial score (nSPS) is 29.7. The molecule has 4 nitrogen and oxygen atoms in total. The first-order valence-corrected chi connectivity index (χ1v) is 10.9. The van der Waals surface area contributed by atoms with Gasteiger partial charge in [0.15, 0.2) is 11.8 Å². The summed E-state index contributed by atoms with van der Waals surface area (Å²) < 4.78 is 11.9. The Kier molecular flexibility index (Phi) is 4.17. The van der Waals surface area contributed by atoms with Crippen LogP contribution in [0.1, 0.15) is 53.4 Å². The van der Waals surface area contributed by atoms with Gasteiger partial charge >= 0.3 is 0 Å². The van der Waals surface area contributed by atoms with E-state index in [1.807, 2.05) is 0 Å². The average Bonchev–Trinajstić information content (AvgIpc) is 3.53. The Morgan fingerprint density at radius 2 is 1.17 bits per heavy atom. The molecular weight excluding hydrogens is 360 g/mol. The van der Waals surface area contributed by atoms with Crippen LogP contribution in [0.2, 0.25) is 0 Å². The van der Waals surface area contributed by atoms with E-state index < -0.39 is 0 Å². The first-order chi connectivity index (χ1) is 14.3. The minimum absolute atomic E-state index is 0.230. The predicted octanol–water partition coefficient (Wildman–Crippen LogP) is 4.43. The van der Waals surface area contributed by atoms with Crippen LogP contribution in [0.3, 0.4) is 0 Å². The van der Waals surface area contributed by atoms with E-state index in [9.17, 15) is 0 Å². The summed E-state index contributed by atoms with van der Waals surface area (Å²) in [6.07, 6.45) is 5.25. The molecular formula is C25H26N2O2. The number of hydrogen-bond acceptors (Lipinski definition) is 4. The summed E-state index contributed by atoms with van der Waals surface area (Å²) in [7, 11) is 0. The number of nitrogens with zero attached hydrogens (tertiary/aromatic N) is 2. The van der Waals surface area contributed by atoms with Crippen molar-refractivity contribution in [3.8, 4) is 0 Å². The molecule has 0 bridgehead atoms. The highest BCUT2D eigenvalue weighted by atomic mass is 16.5. The molecule has 4 aliphatic rings. The van der Waals surface area contributed by atoms with E-state index in [1.54, 1.807) is 0 Å². The second-order valence-electron chi connectivity index (χ2n) is 8.67. The highest BCUT2D eigenvalue weighted by Gasteiger charge is 2.36. The standard InChI is InChI=1S/C25H26N2O2/c1-3-7-18-16(5-1)9-11-20(18)22-14-28-24(26-22)13-25-27-23(15-29-25)21-12-10-17-6-2-4-8-19(17)21/h1-8,20-23H,9-15H2/t20?,21?,22-,23-/m1/s1. The molecule has 0 saturated heterocycles. The molecule has 2 aliphatic carbocycles. The lowest BCUT2D eigenvalue weighted by atomic mass is 9.94. The van der Waals surface area contributed by atoms with Crippen LogP contribution >= 0.6 is 0 Å². The number of rotatable bonds is 4. The Bertz CT molecular complexity index is 916. The van der Waals surface area contributed by atoms with Gasteiger partial charge in [-0.3, -0.25) is 0 Å². The molecule has 0 aromatic heterocycles. The molecule has 2 heterocycles. The van der Waals surface area contributed by atoms with Crippen molar-refractivity contribution in [1.29, 1.82) is 0 Å². The van der Waals surface area contributed by atoms with Crippen LogP contribution in [0.4, 0.5) is 0 Å². The minimum atomic E-state index is 0.230. The highest BCUT2D eigenvalue weighted by Crippen LogP contribution is 2.39. The van der Waals surface area contributed by atoms with E-state index in [0.29, 0.717) is 31.5 Å². The Hall–Kier alpha value is -2.62. The SMILES string of the molecule is c1ccc2c(c1)CCC2[C@H]1COC(CC2=N[C@@H](C3CCc4ccccc43)CO2)=N1. The molecule has 0 N–H and O–H groups in total. The van der Waals surface area contributed by atoms with Crippen LogP contribution in [-0.2, 0) is 22.3 Å². The fraction of sp³-hybridized carbons (Fsp3) is 0.440. The summed E-state index contributed by atoms with van der Waals surface area (Å²) in [5.41, 5.74) is 5.87. The van der Waals surface area contributed by atoms with Crippen molar-refractivity contribution in [1.82, 2.24) is 0 Å². The van der Waals surface area contributed by atoms with Crippen molar-refractivity contribution in [3.63, 3.8) is 0 Å². The summed E-state index contributed by atoms with van der Waals surface area (Å²) in [6.45, 7) is 1.36. The quantitative estimate of drug-likeness (QED) is 0.780. The summed E-state index contributed by atoms with van der Waals surface area (Å²) in [6, 6.07) is 18.0. The van der Waals surface area contributed by atoms with Crippen molar-refractivity contribution < 1.29 is 9.47 Å². The second-order valence-corrected chi connectivity index (χ2v) is 8.67. The molecule has 2 aliphatic heterocycles. The Labute approximate surface area is 171 Å². The van der Waals surface area contributed by atoms with E-state index in [1.165, 1.54) is 35.1 Å². The van der Waals surface area contributed by atoms with Gasteiger partial charge in [-0.2, -0.15) is 0 Å². The topological polar surface area (TPSA) is 43.2 Å². The molecule has 2 unspecified atom stereocenters. The molecule has 2 aromatic carbocycles. The number of aliphatic imine (C=N–C) groups is 2. The number of hydrogen-bond donors (Lipinski definition) is 0. The summed E-state index contributed by atoms with van der Waals surface area (Å²) in [5, 5.41) is 0. The molecule has 6 rings (SSSR count). The lowest BCUT2D eigenvalue weighted by Crippen LogP contribution is -2.15. The van der Waals surface area contributed by atoms with Crippen LogP contribution in [-0.4, -0.2) is 37.1 Å². The number of ether oxygens (including phenoxy) is 2. The van der Waals surface area contributed by atoms with Crippen molar-refractivity contribution in [2.45, 2.75) is 56.0 Å². The molecule has 0 spiro atoms. The van der Waals surface area contributed by atoms with Gasteiger partial charge in [0.05, 0.1) is 18.5 Å². The third-order valence-electron chi connectivity index (χ3n) is 7.05. The van der Waals surface area contributed by atoms with Crippen molar-refractivity contribution >= 4 is 11.8 Å². The molecule has 0 fully saturated rings. The second kappa shape index (κ2) is 7.01. The molecule has 0 saturated carbocycles. The van der Waals surface area contributed by atoms with Gasteiger partial charge in [-0.05, 0) is 47.9 Å². The van der Waals surface area contributed by atoms with Gasteiger partial charge in [-0.25, -0.2) is 9.98 Å². The van der Waals surface area contributed by atoms with Gasteiger partial charge < -0.3 is 9.47 Å². The zero-order valence-electron chi connectivity index (χ0n) is 16.6. The highest BCUT2D eigenvalue weighted by molar-refractivity contribution is 5.98. The largest absolute Gasteiger partial charge is 0.478 e. The molecule has 2 aromatic rings. The van der Waals surface area contributed by atoms with Gasteiger partial charge in [0, 0.05) is 11.8 Å². The fourth-order valence-electron chi connectivity index (χ4n) is 5.60. The van der Waals surface area contributed by atoms with E-state index in [2.05, 4.69) is 48.5 Å². The van der Waals surface area contributed by atoms with E-state index >= 15 is 0 Å². The van der Waals surface area contributed by atoms with Crippen molar-refractivity contribution in [2.24, 2.45) is 9.98 Å². The lowest BCUT2D eigenvalue weighted by molar-refractivity contribution is 0.284. The summed E-state index contributed by atoms with van der Waals surface area (Å²) >= 11 is 0. The number of fused-ring (bicyclic) bond motifs is 2. The van der Waals surface area contributed by atoms with Gasteiger partial charge in [-0.15, -0.1) is 0 Å². The monoisotopic (exact) mass is 386 g/mol. The maximum atomic E-state index is 5.96. The zero-order valence-corrected chi connectivity index (χ0v) is 16.6. The van der Waals surface area contributed by atoms with Gasteiger partial charge in [0.1, 0.15) is 13.2 Å². The zero-order chi connectivity index (χ0) is 19.2. The van der Waals surface area contributed by atoms with E-state index in [-0.39, 0.29) is 12.1 Å². The van der Waals surface area contributed by atoms with Gasteiger partial charge in [-0.1, -0.05) is 48.5 Å². The van der Waals surface area contributed by atoms with Crippen LogP contribution in [0.15, 0.2) is 58.5 Å². The van der Waals surface area contributed by atoms with Crippen molar-refractivity contribution in [3.05, 3.63) is 70.8 Å². The van der Waals surface area contributed by atoms with Crippen LogP contribution in [0.25, 0.3) is 0 Å². The van der Waals surface area contributed by atoms with Gasteiger partial charge in [0.2, 0.25) is 0 Å². The fourth-order valence-corrected chi connectivity index (χ4v) is 5.60. The van der Waals surface area contributed by atoms with Crippen LogP contribution in [0.5, 0.6) is 0 Å². The Morgan fingerprint density at radius 1 is 0.690 bits per heavy atom. The van der Waals surface area contributed by atoms with Crippen LogP contribution < -0.4 is 0 Å². The van der Waals surface area contributed by atoms with Crippen LogP contribution in [0, 0.1) is 0 Å². The maximum Gasteiger partial charge on any atom is 0.193 e. The van der Waals surface area contributed by atoms with Crippen molar-refractivity contribution in [2.75, 3.05) is 13.2 Å². The molecule has 148 valence electrons. The third-order valence-corrected chi connectivity index (χ3v) is 7.05. The van der Waals surface area contributed by atoms with E-state index in [0.717, 1.165) is 24.6 Å². The Morgan fingerprint density at radius 3 is 1.69 bits per heavy atom. The number of aryl methyl sites for hydroxylation is 2. The van der Waals surface area contributed by atoms with E-state index in [4.69, 9.17) is 19.5 Å². The molecule has 0 amide bonds. The molecule has 0 radical (unpaired) electrons. The summed E-state index contributed by atoms with van der Waals surface area (Å²) in [5.74, 6) is 2.56. The van der Waals surface area contributed by atoms with Gasteiger partial charge in [0.25, 0.3) is 0 Å². The molecule has 4 heteroatoms. The molecule has 4 atom stereocenters. The first kappa shape index (κ1) is 17.3. The third kappa shape index (κ3) is 3.06. The average molecular weight is 386 g/mol. The predicted molar refractivity (Wildman–Crippen MR) is 114 cm³/mol.